The van der Waals surface area contributed by atoms with Gasteiger partial charge in [-0.2, -0.15) is 0 Å². The van der Waals surface area contributed by atoms with E-state index >= 15 is 0 Å². The lowest BCUT2D eigenvalue weighted by atomic mass is 10.2. The molecule has 5 heteroatoms. The van der Waals surface area contributed by atoms with Gasteiger partial charge in [0.05, 0.1) is 24.5 Å². The zero-order chi connectivity index (χ0) is 13.0. The summed E-state index contributed by atoms with van der Waals surface area (Å²) in [4.78, 5) is 22.9. The minimum Gasteiger partial charge on any atom is -0.472 e. The van der Waals surface area contributed by atoms with Crippen molar-refractivity contribution in [1.82, 2.24) is 0 Å². The Morgan fingerprint density at radius 3 is 2.39 bits per heavy atom. The first-order chi connectivity index (χ1) is 8.70. The van der Waals surface area contributed by atoms with Crippen LogP contribution in [-0.2, 0) is 4.74 Å². The number of rotatable bonds is 3. The van der Waals surface area contributed by atoms with Crippen LogP contribution < -0.4 is 5.32 Å². The highest BCUT2D eigenvalue weighted by Gasteiger charge is 2.08. The van der Waals surface area contributed by atoms with Crippen molar-refractivity contribution in [1.29, 1.82) is 0 Å². The van der Waals surface area contributed by atoms with Gasteiger partial charge in [0.2, 0.25) is 0 Å². The van der Waals surface area contributed by atoms with E-state index in [1.807, 2.05) is 0 Å². The molecule has 0 aliphatic heterocycles. The molecule has 5 nitrogen and oxygen atoms in total. The maximum Gasteiger partial charge on any atom is 0.337 e. The largest absolute Gasteiger partial charge is 0.472 e. The second-order valence-electron chi connectivity index (χ2n) is 3.54. The fraction of sp³-hybridized carbons (Fsp3) is 0.0769. The Morgan fingerprint density at radius 2 is 1.83 bits per heavy atom. The van der Waals surface area contributed by atoms with Crippen LogP contribution in [0.2, 0.25) is 0 Å². The highest BCUT2D eigenvalue weighted by atomic mass is 16.5. The summed E-state index contributed by atoms with van der Waals surface area (Å²) in [6.07, 6.45) is 2.79. The molecule has 0 fully saturated rings. The monoisotopic (exact) mass is 245 g/mol. The number of carbonyl (C=O) groups excluding carboxylic acids is 2. The van der Waals surface area contributed by atoms with Crippen molar-refractivity contribution >= 4 is 17.6 Å². The molecule has 1 aromatic heterocycles. The van der Waals surface area contributed by atoms with Gasteiger partial charge in [-0.3, -0.25) is 4.79 Å². The summed E-state index contributed by atoms with van der Waals surface area (Å²) < 4.78 is 9.39. The van der Waals surface area contributed by atoms with Gasteiger partial charge in [0, 0.05) is 5.69 Å². The lowest BCUT2D eigenvalue weighted by molar-refractivity contribution is 0.0600. The molecule has 0 saturated carbocycles. The van der Waals surface area contributed by atoms with Crippen LogP contribution in [0.1, 0.15) is 20.7 Å². The Balaban J connectivity index is 2.07. The highest BCUT2D eigenvalue weighted by molar-refractivity contribution is 6.04. The standard InChI is InChI=1S/C13H11NO4/c1-17-13(16)9-2-4-11(5-3-9)14-12(15)10-6-7-18-8-10/h2-8H,1H3,(H,14,15). The van der Waals surface area contributed by atoms with E-state index in [1.54, 1.807) is 30.3 Å². The third-order valence-corrected chi connectivity index (χ3v) is 2.35. The van der Waals surface area contributed by atoms with E-state index < -0.39 is 5.97 Å². The van der Waals surface area contributed by atoms with Crippen molar-refractivity contribution in [2.75, 3.05) is 12.4 Å². The Bertz CT molecular complexity index is 543. The maximum absolute atomic E-state index is 11.7. The third kappa shape index (κ3) is 2.57. The van der Waals surface area contributed by atoms with E-state index in [0.29, 0.717) is 16.8 Å². The molecule has 2 aromatic rings. The van der Waals surface area contributed by atoms with Crippen LogP contribution in [0.5, 0.6) is 0 Å². The molecule has 0 aliphatic carbocycles. The number of hydrogen-bond acceptors (Lipinski definition) is 4. The van der Waals surface area contributed by atoms with E-state index in [0.717, 1.165) is 0 Å². The minimum atomic E-state index is -0.414. The average Bonchev–Trinajstić information content (AvgIpc) is 2.92. The van der Waals surface area contributed by atoms with E-state index in [2.05, 4.69) is 10.1 Å². The first-order valence-corrected chi connectivity index (χ1v) is 5.22. The summed E-state index contributed by atoms with van der Waals surface area (Å²) in [7, 11) is 1.32. The van der Waals surface area contributed by atoms with E-state index in [1.165, 1.54) is 19.6 Å². The second kappa shape index (κ2) is 5.18. The SMILES string of the molecule is COC(=O)c1ccc(NC(=O)c2ccoc2)cc1. The van der Waals surface area contributed by atoms with Gasteiger partial charge >= 0.3 is 5.97 Å². The summed E-state index contributed by atoms with van der Waals surface area (Å²) in [6.45, 7) is 0. The molecule has 0 atom stereocenters. The molecule has 0 spiro atoms. The first kappa shape index (κ1) is 11.9. The second-order valence-corrected chi connectivity index (χ2v) is 3.54. The van der Waals surface area contributed by atoms with Crippen LogP contribution in [-0.4, -0.2) is 19.0 Å². The topological polar surface area (TPSA) is 68.5 Å². The zero-order valence-electron chi connectivity index (χ0n) is 9.67. The number of nitrogens with one attached hydrogen (secondary N) is 1. The number of furan rings is 1. The Morgan fingerprint density at radius 1 is 1.11 bits per heavy atom. The van der Waals surface area contributed by atoms with Crippen molar-refractivity contribution in [3.63, 3.8) is 0 Å². The molecule has 0 bridgehead atoms. The molecular formula is C13H11NO4. The predicted octanol–water partition coefficient (Wildman–Crippen LogP) is 2.32. The van der Waals surface area contributed by atoms with Crippen LogP contribution in [0.3, 0.4) is 0 Å². The number of methoxy groups -OCH3 is 1. The van der Waals surface area contributed by atoms with E-state index in [-0.39, 0.29) is 5.91 Å². The molecular weight excluding hydrogens is 234 g/mol. The molecule has 92 valence electrons. The number of ether oxygens (including phenoxy) is 1. The smallest absolute Gasteiger partial charge is 0.337 e. The maximum atomic E-state index is 11.7. The van der Waals surface area contributed by atoms with Crippen LogP contribution in [0.25, 0.3) is 0 Å². The van der Waals surface area contributed by atoms with Gasteiger partial charge in [0.15, 0.2) is 0 Å². The van der Waals surface area contributed by atoms with Gasteiger partial charge < -0.3 is 14.5 Å². The Hall–Kier alpha value is -2.56. The molecule has 1 heterocycles. The molecule has 18 heavy (non-hydrogen) atoms. The fourth-order valence-electron chi connectivity index (χ4n) is 1.40. The van der Waals surface area contributed by atoms with Crippen LogP contribution in [0, 0.1) is 0 Å². The van der Waals surface area contributed by atoms with E-state index in [4.69, 9.17) is 4.42 Å². The predicted molar refractivity (Wildman–Crippen MR) is 64.4 cm³/mol. The van der Waals surface area contributed by atoms with Crippen LogP contribution in [0.4, 0.5) is 5.69 Å². The highest BCUT2D eigenvalue weighted by Crippen LogP contribution is 2.12. The summed E-state index contributed by atoms with van der Waals surface area (Å²) in [5.41, 5.74) is 1.46. The summed E-state index contributed by atoms with van der Waals surface area (Å²) in [6, 6.07) is 7.99. The normalized spacial score (nSPS) is 9.83. The van der Waals surface area contributed by atoms with Crippen molar-refractivity contribution in [2.45, 2.75) is 0 Å². The van der Waals surface area contributed by atoms with Crippen LogP contribution >= 0.6 is 0 Å². The van der Waals surface area contributed by atoms with Crippen molar-refractivity contribution in [3.05, 3.63) is 54.0 Å². The molecule has 0 radical (unpaired) electrons. The average molecular weight is 245 g/mol. The van der Waals surface area contributed by atoms with Gasteiger partial charge in [-0.1, -0.05) is 0 Å². The first-order valence-electron chi connectivity index (χ1n) is 5.22. The number of anilines is 1. The van der Waals surface area contributed by atoms with Crippen molar-refractivity contribution in [3.8, 4) is 0 Å². The molecule has 1 N–H and O–H groups in total. The van der Waals surface area contributed by atoms with Gasteiger partial charge in [0.25, 0.3) is 5.91 Å². The zero-order valence-corrected chi connectivity index (χ0v) is 9.67. The lowest BCUT2D eigenvalue weighted by Crippen LogP contribution is -2.11. The summed E-state index contributed by atoms with van der Waals surface area (Å²) >= 11 is 0. The van der Waals surface area contributed by atoms with Gasteiger partial charge in [-0.05, 0) is 30.3 Å². The number of esters is 1. The van der Waals surface area contributed by atoms with Crippen molar-refractivity contribution < 1.29 is 18.7 Å². The number of amides is 1. The number of hydrogen-bond donors (Lipinski definition) is 1. The molecule has 1 amide bonds. The van der Waals surface area contributed by atoms with Gasteiger partial charge in [-0.15, -0.1) is 0 Å². The molecule has 2 rings (SSSR count). The van der Waals surface area contributed by atoms with Crippen LogP contribution in [0.15, 0.2) is 47.3 Å². The quantitative estimate of drug-likeness (QED) is 0.842. The van der Waals surface area contributed by atoms with Gasteiger partial charge in [-0.25, -0.2) is 4.79 Å². The summed E-state index contributed by atoms with van der Waals surface area (Å²) in [5.74, 6) is -0.683. The number of benzene rings is 1. The van der Waals surface area contributed by atoms with E-state index in [9.17, 15) is 9.59 Å². The van der Waals surface area contributed by atoms with Gasteiger partial charge in [0.1, 0.15) is 6.26 Å². The Labute approximate surface area is 103 Å². The minimum absolute atomic E-state index is 0.269. The third-order valence-electron chi connectivity index (χ3n) is 2.35. The van der Waals surface area contributed by atoms with Crippen molar-refractivity contribution in [2.24, 2.45) is 0 Å². The summed E-state index contributed by atoms with van der Waals surface area (Å²) in [5, 5.41) is 2.68. The molecule has 0 aliphatic rings. The molecule has 1 aromatic carbocycles. The lowest BCUT2D eigenvalue weighted by Gasteiger charge is -2.04. The fourth-order valence-corrected chi connectivity index (χ4v) is 1.40. The molecule has 0 saturated heterocycles. The number of carbonyl (C=O) groups is 2. The molecule has 0 unspecified atom stereocenters. The Kier molecular flexibility index (Phi) is 3.43.